The molecule has 0 amide bonds. The zero-order chi connectivity index (χ0) is 13.8. The molecule has 0 unspecified atom stereocenters. The van der Waals surface area contributed by atoms with Crippen molar-refractivity contribution in [3.63, 3.8) is 0 Å². The lowest BCUT2D eigenvalue weighted by molar-refractivity contribution is 0.141. The lowest BCUT2D eigenvalue weighted by Gasteiger charge is -2.24. The molecule has 5 nitrogen and oxygen atoms in total. The second kappa shape index (κ2) is 5.48. The predicted octanol–water partition coefficient (Wildman–Crippen LogP) is 1.26. The number of nitriles is 1. The lowest BCUT2D eigenvalue weighted by atomic mass is 10.1. The summed E-state index contributed by atoms with van der Waals surface area (Å²) < 4.78 is 31.7. The largest absolute Gasteiger partial charge is 0.383 e. The smallest absolute Gasteiger partial charge is 0.241 e. The van der Waals surface area contributed by atoms with Gasteiger partial charge in [-0.1, -0.05) is 0 Å². The zero-order valence-electron chi connectivity index (χ0n) is 10.6. The second-order valence-electron chi connectivity index (χ2n) is 4.56. The minimum Gasteiger partial charge on any atom is -0.383 e. The topological polar surface area (TPSA) is 79.2 Å². The van der Waals surface area contributed by atoms with Crippen LogP contribution in [0.5, 0.6) is 0 Å². The summed E-state index contributed by atoms with van der Waals surface area (Å²) in [6, 6.07) is 7.69. The Kier molecular flexibility index (Phi) is 4.46. The molecule has 0 aromatic heterocycles. The van der Waals surface area contributed by atoms with E-state index in [4.69, 9.17) is 10.00 Å². The Bertz CT molecular complexity index is 542. The molecule has 0 saturated carbocycles. The number of hydrogen-bond acceptors (Lipinski definition) is 4. The van der Waals surface area contributed by atoms with E-state index in [9.17, 15) is 8.42 Å². The van der Waals surface area contributed by atoms with E-state index in [-0.39, 0.29) is 11.5 Å². The molecule has 0 heterocycles. The van der Waals surface area contributed by atoms with Gasteiger partial charge >= 0.3 is 0 Å². The number of ether oxygens (including phenoxy) is 1. The first-order valence-corrected chi connectivity index (χ1v) is 6.82. The molecule has 0 fully saturated rings. The molecular formula is C12H16N2O3S. The van der Waals surface area contributed by atoms with Gasteiger partial charge in [-0.2, -0.15) is 5.26 Å². The molecule has 0 bridgehead atoms. The number of rotatable bonds is 5. The van der Waals surface area contributed by atoms with Crippen molar-refractivity contribution in [1.29, 1.82) is 5.26 Å². The van der Waals surface area contributed by atoms with Crippen molar-refractivity contribution in [2.45, 2.75) is 24.3 Å². The molecule has 0 saturated heterocycles. The monoisotopic (exact) mass is 268 g/mol. The van der Waals surface area contributed by atoms with E-state index >= 15 is 0 Å². The van der Waals surface area contributed by atoms with Crippen LogP contribution in [-0.2, 0) is 14.8 Å². The quantitative estimate of drug-likeness (QED) is 0.872. The van der Waals surface area contributed by atoms with Crippen LogP contribution in [0.1, 0.15) is 19.4 Å². The highest BCUT2D eigenvalue weighted by Crippen LogP contribution is 2.14. The summed E-state index contributed by atoms with van der Waals surface area (Å²) in [5, 5.41) is 8.66. The Balaban J connectivity index is 2.96. The van der Waals surface area contributed by atoms with Crippen molar-refractivity contribution in [1.82, 2.24) is 4.72 Å². The fourth-order valence-electron chi connectivity index (χ4n) is 1.52. The maximum atomic E-state index is 12.1. The number of methoxy groups -OCH3 is 1. The van der Waals surface area contributed by atoms with E-state index in [0.717, 1.165) is 0 Å². The summed E-state index contributed by atoms with van der Waals surface area (Å²) in [6.07, 6.45) is 0. The summed E-state index contributed by atoms with van der Waals surface area (Å²) in [4.78, 5) is 0.130. The van der Waals surface area contributed by atoms with Gasteiger partial charge in [-0.15, -0.1) is 0 Å². The molecule has 1 N–H and O–H groups in total. The molecule has 0 aliphatic carbocycles. The van der Waals surface area contributed by atoms with E-state index in [2.05, 4.69) is 4.72 Å². The van der Waals surface area contributed by atoms with Gasteiger partial charge in [0.15, 0.2) is 0 Å². The van der Waals surface area contributed by atoms with Gasteiger partial charge < -0.3 is 4.74 Å². The number of nitrogens with zero attached hydrogens (tertiary/aromatic N) is 1. The molecule has 18 heavy (non-hydrogen) atoms. The van der Waals surface area contributed by atoms with E-state index in [1.165, 1.54) is 31.4 Å². The lowest BCUT2D eigenvalue weighted by Crippen LogP contribution is -2.46. The summed E-state index contributed by atoms with van der Waals surface area (Å²) in [7, 11) is -2.09. The van der Waals surface area contributed by atoms with Gasteiger partial charge in [0, 0.05) is 7.11 Å². The summed E-state index contributed by atoms with van der Waals surface area (Å²) in [5.41, 5.74) is -0.272. The van der Waals surface area contributed by atoms with Crippen LogP contribution in [0.2, 0.25) is 0 Å². The highest BCUT2D eigenvalue weighted by atomic mass is 32.2. The third kappa shape index (κ3) is 3.81. The van der Waals surface area contributed by atoms with Gasteiger partial charge in [-0.05, 0) is 38.1 Å². The minimum atomic E-state index is -3.60. The first-order chi connectivity index (χ1) is 8.30. The molecule has 6 heteroatoms. The van der Waals surface area contributed by atoms with Crippen LogP contribution in [-0.4, -0.2) is 27.7 Å². The Morgan fingerprint density at radius 3 is 2.33 bits per heavy atom. The maximum absolute atomic E-state index is 12.1. The third-order valence-corrected chi connectivity index (χ3v) is 3.92. The van der Waals surface area contributed by atoms with Crippen LogP contribution in [0.3, 0.4) is 0 Å². The van der Waals surface area contributed by atoms with Crippen molar-refractivity contribution in [2.75, 3.05) is 13.7 Å². The molecule has 0 aliphatic heterocycles. The molecule has 0 aliphatic rings. The third-order valence-electron chi connectivity index (χ3n) is 2.21. The Morgan fingerprint density at radius 2 is 1.89 bits per heavy atom. The average Bonchev–Trinajstić information content (AvgIpc) is 2.27. The van der Waals surface area contributed by atoms with Crippen LogP contribution >= 0.6 is 0 Å². The first kappa shape index (κ1) is 14.6. The van der Waals surface area contributed by atoms with E-state index in [0.29, 0.717) is 5.56 Å². The fourth-order valence-corrected chi connectivity index (χ4v) is 2.92. The van der Waals surface area contributed by atoms with E-state index in [1.807, 2.05) is 6.07 Å². The van der Waals surface area contributed by atoms with E-state index in [1.54, 1.807) is 13.8 Å². The molecule has 1 aromatic carbocycles. The number of nitrogens with one attached hydrogen (secondary N) is 1. The van der Waals surface area contributed by atoms with Gasteiger partial charge in [0.25, 0.3) is 0 Å². The average molecular weight is 268 g/mol. The Labute approximate surface area is 107 Å². The summed E-state index contributed by atoms with van der Waals surface area (Å²) >= 11 is 0. The van der Waals surface area contributed by atoms with Crippen LogP contribution in [0.4, 0.5) is 0 Å². The van der Waals surface area contributed by atoms with Crippen LogP contribution in [0.15, 0.2) is 29.2 Å². The predicted molar refractivity (Wildman–Crippen MR) is 67.4 cm³/mol. The molecule has 98 valence electrons. The normalized spacial score (nSPS) is 12.1. The van der Waals surface area contributed by atoms with E-state index < -0.39 is 15.6 Å². The first-order valence-electron chi connectivity index (χ1n) is 5.34. The summed E-state index contributed by atoms with van der Waals surface area (Å²) in [5.74, 6) is 0. The standard InChI is InChI=1S/C12H16N2O3S/c1-12(2,9-17-3)14-18(15,16)11-6-4-10(8-13)5-7-11/h4-7,14H,9H2,1-3H3. The molecule has 0 radical (unpaired) electrons. The molecular weight excluding hydrogens is 252 g/mol. The molecule has 0 spiro atoms. The number of hydrogen-bond donors (Lipinski definition) is 1. The second-order valence-corrected chi connectivity index (χ2v) is 6.24. The van der Waals surface area contributed by atoms with Crippen molar-refractivity contribution >= 4 is 10.0 Å². The minimum absolute atomic E-state index is 0.130. The Morgan fingerprint density at radius 1 is 1.33 bits per heavy atom. The van der Waals surface area contributed by atoms with Crippen molar-refractivity contribution in [3.05, 3.63) is 29.8 Å². The van der Waals surface area contributed by atoms with Gasteiger partial charge in [0.05, 0.1) is 28.7 Å². The Hall–Kier alpha value is -1.42. The SMILES string of the molecule is COCC(C)(C)NS(=O)(=O)c1ccc(C#N)cc1. The summed E-state index contributed by atoms with van der Waals surface area (Å²) in [6.45, 7) is 3.73. The highest BCUT2D eigenvalue weighted by Gasteiger charge is 2.26. The van der Waals surface area contributed by atoms with Crippen LogP contribution in [0.25, 0.3) is 0 Å². The fraction of sp³-hybridized carbons (Fsp3) is 0.417. The van der Waals surface area contributed by atoms with Gasteiger partial charge in [0.1, 0.15) is 0 Å². The van der Waals surface area contributed by atoms with Crippen LogP contribution in [0, 0.1) is 11.3 Å². The van der Waals surface area contributed by atoms with Gasteiger partial charge in [-0.25, -0.2) is 13.1 Å². The highest BCUT2D eigenvalue weighted by molar-refractivity contribution is 7.89. The van der Waals surface area contributed by atoms with Crippen molar-refractivity contribution in [2.24, 2.45) is 0 Å². The zero-order valence-corrected chi connectivity index (χ0v) is 11.4. The van der Waals surface area contributed by atoms with Gasteiger partial charge in [0.2, 0.25) is 10.0 Å². The molecule has 0 atom stereocenters. The van der Waals surface area contributed by atoms with Crippen molar-refractivity contribution < 1.29 is 13.2 Å². The van der Waals surface area contributed by atoms with Crippen LogP contribution < -0.4 is 4.72 Å². The molecule has 1 rings (SSSR count). The van der Waals surface area contributed by atoms with Crippen molar-refractivity contribution in [3.8, 4) is 6.07 Å². The number of sulfonamides is 1. The number of benzene rings is 1. The maximum Gasteiger partial charge on any atom is 0.241 e. The molecule has 1 aromatic rings. The van der Waals surface area contributed by atoms with Gasteiger partial charge in [-0.3, -0.25) is 0 Å².